The van der Waals surface area contributed by atoms with Crippen LogP contribution < -0.4 is 0 Å². The Hall–Kier alpha value is -0.330. The number of nitriles is 1. The smallest absolute Gasteiger partial charge is 0.105 e. The molecule has 2 atom stereocenters. The fourth-order valence-electron chi connectivity index (χ4n) is 1.56. The molecular formula is C10H7Br2N. The summed E-state index contributed by atoms with van der Waals surface area (Å²) in [6.07, 6.45) is 0. The molecule has 0 radical (unpaired) electrons. The van der Waals surface area contributed by atoms with Gasteiger partial charge in [0, 0.05) is 5.92 Å². The van der Waals surface area contributed by atoms with E-state index in [0.717, 1.165) is 0 Å². The molecule has 0 saturated heterocycles. The molecule has 0 spiro atoms. The van der Waals surface area contributed by atoms with Gasteiger partial charge in [-0.25, -0.2) is 0 Å². The maximum Gasteiger partial charge on any atom is 0.105 e. The van der Waals surface area contributed by atoms with Crippen LogP contribution in [-0.2, 0) is 0 Å². The highest BCUT2D eigenvalue weighted by Gasteiger charge is 2.63. The topological polar surface area (TPSA) is 23.8 Å². The third kappa shape index (κ3) is 1.43. The van der Waals surface area contributed by atoms with Crippen LogP contribution in [0.2, 0.25) is 0 Å². The van der Waals surface area contributed by atoms with E-state index in [2.05, 4.69) is 50.1 Å². The second kappa shape index (κ2) is 3.11. The third-order valence-corrected chi connectivity index (χ3v) is 4.32. The Morgan fingerprint density at radius 2 is 1.85 bits per heavy atom. The first kappa shape index (κ1) is 9.23. The van der Waals surface area contributed by atoms with Crippen molar-refractivity contribution in [2.45, 2.75) is 9.15 Å². The molecule has 1 aliphatic rings. The van der Waals surface area contributed by atoms with Gasteiger partial charge in [-0.1, -0.05) is 62.2 Å². The van der Waals surface area contributed by atoms with E-state index in [4.69, 9.17) is 5.26 Å². The summed E-state index contributed by atoms with van der Waals surface area (Å²) in [5.41, 5.74) is 1.21. The van der Waals surface area contributed by atoms with Crippen LogP contribution in [0.4, 0.5) is 0 Å². The zero-order valence-corrected chi connectivity index (χ0v) is 9.92. The van der Waals surface area contributed by atoms with E-state index >= 15 is 0 Å². The molecule has 0 aromatic heterocycles. The Morgan fingerprint density at radius 1 is 1.23 bits per heavy atom. The first-order valence-corrected chi connectivity index (χ1v) is 5.59. The molecule has 0 N–H and O–H groups in total. The van der Waals surface area contributed by atoms with Crippen LogP contribution in [0.3, 0.4) is 0 Å². The summed E-state index contributed by atoms with van der Waals surface area (Å²) in [6, 6.07) is 12.4. The lowest BCUT2D eigenvalue weighted by atomic mass is 10.1. The van der Waals surface area contributed by atoms with Gasteiger partial charge in [0.1, 0.15) is 3.23 Å². The fraction of sp³-hybridized carbons (Fsp3) is 0.300. The van der Waals surface area contributed by atoms with E-state index in [0.29, 0.717) is 0 Å². The molecule has 0 aliphatic heterocycles. The molecule has 1 saturated carbocycles. The number of nitrogens with zero attached hydrogens (tertiary/aromatic N) is 1. The summed E-state index contributed by atoms with van der Waals surface area (Å²) in [5.74, 6) is 0.314. The van der Waals surface area contributed by atoms with Crippen LogP contribution in [-0.4, -0.2) is 3.23 Å². The minimum Gasteiger partial charge on any atom is -0.198 e. The van der Waals surface area contributed by atoms with E-state index in [1.165, 1.54) is 5.56 Å². The van der Waals surface area contributed by atoms with E-state index in [9.17, 15) is 0 Å². The average Bonchev–Trinajstić information content (AvgIpc) is 2.69. The van der Waals surface area contributed by atoms with Gasteiger partial charge in [0.25, 0.3) is 0 Å². The Bertz CT molecular complexity index is 353. The van der Waals surface area contributed by atoms with Crippen LogP contribution >= 0.6 is 31.9 Å². The van der Waals surface area contributed by atoms with E-state index in [-0.39, 0.29) is 15.1 Å². The molecule has 0 amide bonds. The summed E-state index contributed by atoms with van der Waals surface area (Å²) in [4.78, 5) is 0. The van der Waals surface area contributed by atoms with Gasteiger partial charge < -0.3 is 0 Å². The van der Waals surface area contributed by atoms with Gasteiger partial charge in [-0.15, -0.1) is 0 Å². The minimum absolute atomic E-state index is 0.0369. The monoisotopic (exact) mass is 299 g/mol. The van der Waals surface area contributed by atoms with Crippen LogP contribution in [0.5, 0.6) is 0 Å². The SMILES string of the molecule is N#C[C@H]1[C@H](c2ccccc2)C1(Br)Br. The first-order chi connectivity index (χ1) is 6.18. The molecule has 0 unspecified atom stereocenters. The summed E-state index contributed by atoms with van der Waals surface area (Å²) in [6.45, 7) is 0. The number of benzene rings is 1. The van der Waals surface area contributed by atoms with E-state index < -0.39 is 0 Å². The highest BCUT2D eigenvalue weighted by Crippen LogP contribution is 2.66. The number of rotatable bonds is 1. The molecule has 0 heterocycles. The van der Waals surface area contributed by atoms with Gasteiger partial charge in [0.05, 0.1) is 12.0 Å². The van der Waals surface area contributed by atoms with Crippen molar-refractivity contribution >= 4 is 31.9 Å². The molecule has 2 rings (SSSR count). The Balaban J connectivity index is 2.28. The molecule has 13 heavy (non-hydrogen) atoms. The number of alkyl halides is 2. The maximum absolute atomic E-state index is 8.86. The molecule has 1 fully saturated rings. The molecule has 1 aromatic carbocycles. The van der Waals surface area contributed by atoms with Crippen molar-refractivity contribution in [3.63, 3.8) is 0 Å². The van der Waals surface area contributed by atoms with E-state index in [1.54, 1.807) is 0 Å². The van der Waals surface area contributed by atoms with Crippen LogP contribution in [0.1, 0.15) is 11.5 Å². The minimum atomic E-state index is -0.198. The summed E-state index contributed by atoms with van der Waals surface area (Å²) in [5, 5.41) is 8.86. The highest BCUT2D eigenvalue weighted by atomic mass is 79.9. The summed E-state index contributed by atoms with van der Waals surface area (Å²) < 4.78 is -0.198. The van der Waals surface area contributed by atoms with Crippen LogP contribution in [0.25, 0.3) is 0 Å². The predicted octanol–water partition coefficient (Wildman–Crippen LogP) is 3.41. The molecule has 1 aromatic rings. The number of halogens is 2. The molecular weight excluding hydrogens is 294 g/mol. The zero-order valence-electron chi connectivity index (χ0n) is 6.74. The Labute approximate surface area is 94.0 Å². The molecule has 3 heteroatoms. The van der Waals surface area contributed by atoms with Crippen molar-refractivity contribution in [2.24, 2.45) is 5.92 Å². The quantitative estimate of drug-likeness (QED) is 0.729. The third-order valence-electron chi connectivity index (χ3n) is 2.35. The van der Waals surface area contributed by atoms with Gasteiger partial charge in [-0.05, 0) is 5.56 Å². The largest absolute Gasteiger partial charge is 0.198 e. The Kier molecular flexibility index (Phi) is 2.21. The Morgan fingerprint density at radius 3 is 2.31 bits per heavy atom. The first-order valence-electron chi connectivity index (χ1n) is 4.00. The standard InChI is InChI=1S/C10H7Br2N/c11-10(12)8(6-13)9(10)7-4-2-1-3-5-7/h1-5,8-9H/t8-,9-/m0/s1. The van der Waals surface area contributed by atoms with Crippen molar-refractivity contribution in [1.29, 1.82) is 5.26 Å². The fourth-order valence-corrected chi connectivity index (χ4v) is 3.09. The normalized spacial score (nSPS) is 29.3. The summed E-state index contributed by atoms with van der Waals surface area (Å²) in [7, 11) is 0. The molecule has 0 bridgehead atoms. The van der Waals surface area contributed by atoms with Crippen molar-refractivity contribution in [3.05, 3.63) is 35.9 Å². The van der Waals surface area contributed by atoms with E-state index in [1.807, 2.05) is 18.2 Å². The molecule has 1 aliphatic carbocycles. The van der Waals surface area contributed by atoms with Crippen LogP contribution in [0.15, 0.2) is 30.3 Å². The van der Waals surface area contributed by atoms with Crippen molar-refractivity contribution < 1.29 is 0 Å². The van der Waals surface area contributed by atoms with Crippen molar-refractivity contribution in [3.8, 4) is 6.07 Å². The lowest BCUT2D eigenvalue weighted by Crippen LogP contribution is -1.87. The van der Waals surface area contributed by atoms with Gasteiger partial charge >= 0.3 is 0 Å². The number of hydrogen-bond donors (Lipinski definition) is 0. The lowest BCUT2D eigenvalue weighted by molar-refractivity contribution is 1.02. The molecule has 66 valence electrons. The average molecular weight is 301 g/mol. The van der Waals surface area contributed by atoms with Gasteiger partial charge in [-0.3, -0.25) is 0 Å². The maximum atomic E-state index is 8.86. The van der Waals surface area contributed by atoms with Gasteiger partial charge in [-0.2, -0.15) is 5.26 Å². The lowest BCUT2D eigenvalue weighted by Gasteiger charge is -1.98. The summed E-state index contributed by atoms with van der Waals surface area (Å²) >= 11 is 7.02. The molecule has 1 nitrogen and oxygen atoms in total. The second-order valence-electron chi connectivity index (χ2n) is 3.17. The zero-order chi connectivity index (χ0) is 9.47. The highest BCUT2D eigenvalue weighted by molar-refractivity contribution is 9.25. The van der Waals surface area contributed by atoms with Gasteiger partial charge in [0.15, 0.2) is 0 Å². The number of hydrogen-bond acceptors (Lipinski definition) is 1. The predicted molar refractivity (Wildman–Crippen MR) is 58.9 cm³/mol. The van der Waals surface area contributed by atoms with Crippen molar-refractivity contribution in [2.75, 3.05) is 0 Å². The van der Waals surface area contributed by atoms with Gasteiger partial charge in [0.2, 0.25) is 0 Å². The van der Waals surface area contributed by atoms with Crippen molar-refractivity contribution in [1.82, 2.24) is 0 Å². The second-order valence-corrected chi connectivity index (χ2v) is 6.86. The van der Waals surface area contributed by atoms with Crippen LogP contribution in [0, 0.1) is 17.2 Å².